The van der Waals surface area contributed by atoms with Crippen LogP contribution in [-0.2, 0) is 19.1 Å². The minimum Gasteiger partial charge on any atom is -0.493 e. The van der Waals surface area contributed by atoms with Crippen molar-refractivity contribution in [1.82, 2.24) is 4.90 Å². The summed E-state index contributed by atoms with van der Waals surface area (Å²) >= 11 is 0. The summed E-state index contributed by atoms with van der Waals surface area (Å²) in [6.07, 6.45) is 4.57. The molecule has 0 aliphatic carbocycles. The Hall–Kier alpha value is -3.80. The number of benzene rings is 1. The Morgan fingerprint density at radius 3 is 2.35 bits per heavy atom. The molecule has 2 aliphatic heterocycles. The highest BCUT2D eigenvalue weighted by molar-refractivity contribution is 5.97. The Labute approximate surface area is 179 Å². The van der Waals surface area contributed by atoms with Crippen LogP contribution >= 0.6 is 0 Å². The summed E-state index contributed by atoms with van der Waals surface area (Å²) in [6.45, 7) is 1.38. The van der Waals surface area contributed by atoms with Gasteiger partial charge in [0, 0.05) is 17.7 Å². The van der Waals surface area contributed by atoms with Crippen LogP contribution < -0.4 is 15.2 Å². The fourth-order valence-corrected chi connectivity index (χ4v) is 4.43. The number of nitrogens with two attached hydrogens (primary N) is 1. The van der Waals surface area contributed by atoms with E-state index in [4.69, 9.17) is 19.9 Å². The molecule has 2 heterocycles. The van der Waals surface area contributed by atoms with Gasteiger partial charge in [-0.15, -0.1) is 0 Å². The number of hydrogen-bond donors (Lipinski definition) is 1. The Balaban J connectivity index is 2.31. The lowest BCUT2D eigenvalue weighted by molar-refractivity contribution is -0.150. The molecule has 1 fully saturated rings. The molecule has 162 valence electrons. The van der Waals surface area contributed by atoms with Gasteiger partial charge in [0.15, 0.2) is 22.7 Å². The topological polar surface area (TPSA) is 132 Å². The van der Waals surface area contributed by atoms with Crippen molar-refractivity contribution in [2.75, 3.05) is 21.3 Å². The van der Waals surface area contributed by atoms with Crippen LogP contribution in [0.25, 0.3) is 0 Å². The molecule has 9 heteroatoms. The van der Waals surface area contributed by atoms with E-state index >= 15 is 0 Å². The standard InChI is InChI=1S/C22H23N3O6/c1-12(26)14-6-8-17-22(11-23,21(28)31-4)18(19(20(24)27)25(17)10-14)13-5-7-15(29-2)16(9-13)30-3/h5-10,17-19H,1-4H3,(H2,24,27)/t17-,18-,19+,22+/m1/s1. The van der Waals surface area contributed by atoms with Crippen molar-refractivity contribution in [3.05, 3.63) is 47.7 Å². The average molecular weight is 425 g/mol. The Bertz CT molecular complexity index is 1040. The SMILES string of the molecule is COC(=O)[C@]1(C#N)[C@H](c2ccc(OC)c(OC)c2)[C@@H](C(N)=O)N2C=C(C(C)=O)C=C[C@@H]21. The molecule has 0 unspecified atom stereocenters. The van der Waals surface area contributed by atoms with Gasteiger partial charge in [-0.3, -0.25) is 14.4 Å². The van der Waals surface area contributed by atoms with Crippen molar-refractivity contribution in [1.29, 1.82) is 5.26 Å². The first kappa shape index (κ1) is 21.9. The molecule has 4 atom stereocenters. The van der Waals surface area contributed by atoms with Crippen LogP contribution in [0.15, 0.2) is 42.1 Å². The molecule has 9 nitrogen and oxygen atoms in total. The van der Waals surface area contributed by atoms with Crippen LogP contribution in [0.2, 0.25) is 0 Å². The van der Waals surface area contributed by atoms with E-state index in [-0.39, 0.29) is 5.78 Å². The van der Waals surface area contributed by atoms with Crippen molar-refractivity contribution < 1.29 is 28.6 Å². The number of primary amides is 1. The van der Waals surface area contributed by atoms with E-state index in [0.29, 0.717) is 22.6 Å². The van der Waals surface area contributed by atoms with Gasteiger partial charge in [-0.05, 0) is 24.6 Å². The highest BCUT2D eigenvalue weighted by atomic mass is 16.5. The molecule has 1 aromatic carbocycles. The summed E-state index contributed by atoms with van der Waals surface area (Å²) in [5.74, 6) is -1.98. The fraction of sp³-hybridized carbons (Fsp3) is 0.364. The lowest BCUT2D eigenvalue weighted by atomic mass is 9.68. The number of nitriles is 1. The van der Waals surface area contributed by atoms with Crippen molar-refractivity contribution >= 4 is 17.7 Å². The summed E-state index contributed by atoms with van der Waals surface area (Å²) in [4.78, 5) is 39.1. The first-order valence-electron chi connectivity index (χ1n) is 9.46. The fourth-order valence-electron chi connectivity index (χ4n) is 4.43. The van der Waals surface area contributed by atoms with E-state index in [1.54, 1.807) is 24.3 Å². The number of ether oxygens (including phenoxy) is 3. The van der Waals surface area contributed by atoms with Crippen molar-refractivity contribution in [2.24, 2.45) is 11.1 Å². The first-order chi connectivity index (χ1) is 14.8. The highest BCUT2D eigenvalue weighted by Gasteiger charge is 2.66. The second-order valence-electron chi connectivity index (χ2n) is 7.30. The minimum atomic E-state index is -1.80. The normalized spacial score (nSPS) is 26.4. The molecular formula is C22H23N3O6. The molecule has 0 bridgehead atoms. The summed E-state index contributed by atoms with van der Waals surface area (Å²) in [5.41, 5.74) is 4.75. The zero-order valence-electron chi connectivity index (χ0n) is 17.6. The molecule has 0 aromatic heterocycles. The van der Waals surface area contributed by atoms with Gasteiger partial charge < -0.3 is 24.8 Å². The number of Topliss-reactive ketones (excluding diaryl/α,β-unsaturated/α-hetero) is 1. The zero-order valence-corrected chi connectivity index (χ0v) is 17.6. The second kappa shape index (κ2) is 8.14. The zero-order chi connectivity index (χ0) is 22.9. The number of ketones is 1. The lowest BCUT2D eigenvalue weighted by Gasteiger charge is -2.32. The molecule has 0 spiro atoms. The Kier molecular flexibility index (Phi) is 5.75. The minimum absolute atomic E-state index is 0.229. The van der Waals surface area contributed by atoms with E-state index in [0.717, 1.165) is 0 Å². The van der Waals surface area contributed by atoms with E-state index in [9.17, 15) is 19.6 Å². The third-order valence-electron chi connectivity index (χ3n) is 5.83. The third-order valence-corrected chi connectivity index (χ3v) is 5.83. The van der Waals surface area contributed by atoms with Gasteiger partial charge in [0.05, 0.1) is 33.4 Å². The predicted octanol–water partition coefficient (Wildman–Crippen LogP) is 1.05. The smallest absolute Gasteiger partial charge is 0.329 e. The van der Waals surface area contributed by atoms with Gasteiger partial charge in [-0.2, -0.15) is 5.26 Å². The van der Waals surface area contributed by atoms with Crippen LogP contribution in [0.1, 0.15) is 18.4 Å². The Morgan fingerprint density at radius 1 is 1.16 bits per heavy atom. The van der Waals surface area contributed by atoms with Gasteiger partial charge in [0.1, 0.15) is 6.04 Å². The van der Waals surface area contributed by atoms with Crippen LogP contribution in [0.5, 0.6) is 11.5 Å². The summed E-state index contributed by atoms with van der Waals surface area (Å²) in [6, 6.07) is 5.01. The molecule has 0 saturated carbocycles. The Morgan fingerprint density at radius 2 is 1.84 bits per heavy atom. The largest absolute Gasteiger partial charge is 0.493 e. The number of amides is 1. The molecule has 3 rings (SSSR count). The number of methoxy groups -OCH3 is 3. The molecule has 1 saturated heterocycles. The van der Waals surface area contributed by atoms with Gasteiger partial charge in [-0.1, -0.05) is 18.2 Å². The molecular weight excluding hydrogens is 402 g/mol. The highest BCUT2D eigenvalue weighted by Crippen LogP contribution is 2.54. The van der Waals surface area contributed by atoms with Crippen LogP contribution in [0, 0.1) is 16.7 Å². The van der Waals surface area contributed by atoms with Gasteiger partial charge in [0.2, 0.25) is 5.91 Å². The van der Waals surface area contributed by atoms with E-state index in [1.807, 2.05) is 0 Å². The van der Waals surface area contributed by atoms with Gasteiger partial charge in [0.25, 0.3) is 0 Å². The summed E-state index contributed by atoms with van der Waals surface area (Å²) in [5, 5.41) is 10.3. The second-order valence-corrected chi connectivity index (χ2v) is 7.30. The van der Waals surface area contributed by atoms with Crippen LogP contribution in [0.4, 0.5) is 0 Å². The molecule has 1 aromatic rings. The van der Waals surface area contributed by atoms with E-state index < -0.39 is 35.3 Å². The number of hydrogen-bond acceptors (Lipinski definition) is 8. The predicted molar refractivity (Wildman–Crippen MR) is 109 cm³/mol. The molecule has 2 aliphatic rings. The quantitative estimate of drug-likeness (QED) is 0.669. The van der Waals surface area contributed by atoms with Crippen molar-refractivity contribution in [3.8, 4) is 17.6 Å². The number of nitrogens with zero attached hydrogens (tertiary/aromatic N) is 2. The van der Waals surface area contributed by atoms with Crippen LogP contribution in [-0.4, -0.2) is 56.0 Å². The average Bonchev–Trinajstić information content (AvgIpc) is 3.08. The molecule has 0 radical (unpaired) electrons. The number of rotatable bonds is 6. The third kappa shape index (κ3) is 3.20. The number of carbonyl (C=O) groups is 3. The lowest BCUT2D eigenvalue weighted by Crippen LogP contribution is -2.45. The maximum Gasteiger partial charge on any atom is 0.329 e. The number of allylic oxidation sites excluding steroid dienone is 2. The van der Waals surface area contributed by atoms with Gasteiger partial charge in [-0.25, -0.2) is 0 Å². The molecule has 2 N–H and O–H groups in total. The van der Waals surface area contributed by atoms with Crippen molar-refractivity contribution in [2.45, 2.75) is 24.9 Å². The van der Waals surface area contributed by atoms with Crippen LogP contribution in [0.3, 0.4) is 0 Å². The number of fused-ring (bicyclic) bond motifs is 1. The number of carbonyl (C=O) groups excluding carboxylic acids is 3. The van der Waals surface area contributed by atoms with E-state index in [2.05, 4.69) is 6.07 Å². The summed E-state index contributed by atoms with van der Waals surface area (Å²) < 4.78 is 15.6. The van der Waals surface area contributed by atoms with Crippen molar-refractivity contribution in [3.63, 3.8) is 0 Å². The summed E-state index contributed by atoms with van der Waals surface area (Å²) in [7, 11) is 4.11. The molecule has 31 heavy (non-hydrogen) atoms. The number of esters is 1. The van der Waals surface area contributed by atoms with Gasteiger partial charge >= 0.3 is 5.97 Å². The maximum absolute atomic E-state index is 13.1. The first-order valence-corrected chi connectivity index (χ1v) is 9.46. The maximum atomic E-state index is 13.1. The molecule has 1 amide bonds. The van der Waals surface area contributed by atoms with E-state index in [1.165, 1.54) is 45.4 Å². The monoisotopic (exact) mass is 425 g/mol.